The third-order valence-corrected chi connectivity index (χ3v) is 20.0. The molecule has 2 unspecified atom stereocenters. The van der Waals surface area contributed by atoms with Crippen molar-refractivity contribution in [3.8, 4) is 0 Å². The van der Waals surface area contributed by atoms with Crippen molar-refractivity contribution in [1.82, 2.24) is 0 Å². The third kappa shape index (κ3) is 7.18. The van der Waals surface area contributed by atoms with Gasteiger partial charge in [-0.2, -0.15) is 0 Å². The van der Waals surface area contributed by atoms with Gasteiger partial charge in [0.1, 0.15) is 37.1 Å². The molecule has 0 aliphatic carbocycles. The van der Waals surface area contributed by atoms with Crippen LogP contribution in [0.2, 0.25) is 45.8 Å². The molecule has 33 heavy (non-hydrogen) atoms. The number of carboxylic acid groups (broad SMARTS) is 1. The Labute approximate surface area is 214 Å². The van der Waals surface area contributed by atoms with Crippen LogP contribution in [0.4, 0.5) is 0 Å². The molecule has 0 fully saturated rings. The summed E-state index contributed by atoms with van der Waals surface area (Å²) in [4.78, 5) is 12.7. The topological polar surface area (TPSA) is 83.5 Å². The maximum Gasteiger partial charge on any atom is 0.332 e. The van der Waals surface area contributed by atoms with Gasteiger partial charge in [0.05, 0.1) is 7.59 Å². The molecule has 0 spiro atoms. The van der Waals surface area contributed by atoms with Crippen LogP contribution in [0, 0.1) is 5.41 Å². The van der Waals surface area contributed by atoms with Crippen LogP contribution in [0.3, 0.4) is 0 Å². The number of hydrogen-bond acceptors (Lipinski definition) is 6. The van der Waals surface area contributed by atoms with Gasteiger partial charge in [0, 0.05) is 11.1 Å². The Kier molecular flexibility index (Phi) is 11.3. The first-order valence-electron chi connectivity index (χ1n) is 11.5. The monoisotopic (exact) mass is 570 g/mol. The highest BCUT2D eigenvalue weighted by atomic mass is 29.2. The summed E-state index contributed by atoms with van der Waals surface area (Å²) in [5.74, 6) is -3.96. The minimum Gasteiger partial charge on any atom is -0.478 e. The first-order valence-corrected chi connectivity index (χ1v) is 24.3. The molecule has 0 saturated heterocycles. The van der Waals surface area contributed by atoms with E-state index < -0.39 is 53.0 Å². The molecule has 2 atom stereocenters. The van der Waals surface area contributed by atoms with Gasteiger partial charge in [-0.15, -0.1) is 0 Å². The molecule has 0 amide bonds. The quantitative estimate of drug-likeness (QED) is 0.214. The molecule has 0 aromatic rings. The Balaban J connectivity index is 8.04. The number of aliphatic carboxylic acids is 1. The van der Waals surface area contributed by atoms with Gasteiger partial charge in [-0.3, -0.25) is 0 Å². The fraction of sp³-hybridized carbons (Fsp3) is 0.850. The summed E-state index contributed by atoms with van der Waals surface area (Å²) in [7, 11) is -4.83. The Hall–Kier alpha value is 0.311. The van der Waals surface area contributed by atoms with E-state index in [0.29, 0.717) is 37.0 Å². The molecule has 1 N–H and O–H groups in total. The Morgan fingerprint density at radius 2 is 1.30 bits per heavy atom. The van der Waals surface area contributed by atoms with Crippen LogP contribution < -0.4 is 0 Å². The molecule has 0 aromatic carbocycles. The van der Waals surface area contributed by atoms with Crippen LogP contribution in [-0.4, -0.2) is 84.2 Å². The highest BCUT2D eigenvalue weighted by molar-refractivity contribution is 7.28. The van der Waals surface area contributed by atoms with E-state index in [4.69, 9.17) is 22.1 Å². The molecule has 0 radical (unpaired) electrons. The second kappa shape index (κ2) is 11.1. The summed E-state index contributed by atoms with van der Waals surface area (Å²) in [5.41, 5.74) is -0.839. The van der Waals surface area contributed by atoms with Crippen LogP contribution in [0.25, 0.3) is 0 Å². The molecular weight excluding hydrogens is 521 g/mol. The van der Waals surface area contributed by atoms with Gasteiger partial charge in [-0.25, -0.2) is 4.79 Å². The molecule has 0 aliphatic heterocycles. The SMILES string of the molecule is CC(=C(C(=O)O)C(C)(C)C)C(O[SiH](C)[Si](C)(C)C)(O[Si](C)(C)C)C(O[SiH3])(O[SiH3])C(C)(C)O[SiH3]. The zero-order chi connectivity index (χ0) is 26.8. The van der Waals surface area contributed by atoms with E-state index in [1.807, 2.05) is 41.5 Å². The molecule has 0 heterocycles. The van der Waals surface area contributed by atoms with Crippen LogP contribution in [0.1, 0.15) is 41.5 Å². The molecule has 0 bridgehead atoms. The van der Waals surface area contributed by atoms with Crippen molar-refractivity contribution < 1.29 is 32.0 Å². The number of hydrogen-bond donors (Lipinski definition) is 1. The minimum absolute atomic E-state index is 0.253. The molecule has 13 heteroatoms. The van der Waals surface area contributed by atoms with Gasteiger partial charge in [0.2, 0.25) is 11.6 Å². The lowest BCUT2D eigenvalue weighted by Crippen LogP contribution is -2.74. The predicted octanol–water partition coefficient (Wildman–Crippen LogP) is 1.13. The second-order valence-corrected chi connectivity index (χ2v) is 31.8. The minimum atomic E-state index is -2.34. The standard InChI is InChI=1S/C20H50O7Si6/c1-14(15(16(21)22)17(2,3)4)19(27-32(8,9)10,26-31(7)33(11,12)13)20(24-29,25-30)18(5,6)23-28/h31H,1-13,28-30H3,(H,21,22). The van der Waals surface area contributed by atoms with Gasteiger partial charge in [-0.1, -0.05) is 47.0 Å². The van der Waals surface area contributed by atoms with Crippen molar-refractivity contribution in [2.45, 2.75) is 105 Å². The van der Waals surface area contributed by atoms with Crippen LogP contribution in [0.5, 0.6) is 0 Å². The Bertz CT molecular complexity index is 718. The van der Waals surface area contributed by atoms with Crippen LogP contribution in [0.15, 0.2) is 11.1 Å². The van der Waals surface area contributed by atoms with E-state index >= 15 is 0 Å². The molecular formula is C20H50O7Si6. The van der Waals surface area contributed by atoms with Crippen LogP contribution >= 0.6 is 0 Å². The molecule has 0 saturated carbocycles. The average Bonchev–Trinajstić information content (AvgIpc) is 2.58. The first kappa shape index (κ1) is 33.3. The van der Waals surface area contributed by atoms with Crippen molar-refractivity contribution in [3.05, 3.63) is 11.1 Å². The molecule has 7 nitrogen and oxygen atoms in total. The van der Waals surface area contributed by atoms with E-state index in [0.717, 1.165) is 0 Å². The lowest BCUT2D eigenvalue weighted by Gasteiger charge is -2.58. The number of carboxylic acids is 1. The van der Waals surface area contributed by atoms with E-state index in [1.165, 1.54) is 0 Å². The van der Waals surface area contributed by atoms with Crippen molar-refractivity contribution in [3.63, 3.8) is 0 Å². The van der Waals surface area contributed by atoms with Gasteiger partial charge in [-0.05, 0) is 45.8 Å². The maximum absolute atomic E-state index is 12.7. The lowest BCUT2D eigenvalue weighted by atomic mass is 9.77. The second-order valence-electron chi connectivity index (χ2n) is 12.3. The van der Waals surface area contributed by atoms with Gasteiger partial charge in [0.15, 0.2) is 16.9 Å². The normalized spacial score (nSPS) is 19.7. The lowest BCUT2D eigenvalue weighted by molar-refractivity contribution is -0.342. The zero-order valence-electron chi connectivity index (χ0n) is 24.0. The van der Waals surface area contributed by atoms with Crippen molar-refractivity contribution >= 4 is 61.9 Å². The summed E-state index contributed by atoms with van der Waals surface area (Å²) in [6, 6.07) is 0. The summed E-state index contributed by atoms with van der Waals surface area (Å²) in [6.07, 6.45) is 0. The van der Waals surface area contributed by atoms with Crippen molar-refractivity contribution in [1.29, 1.82) is 0 Å². The van der Waals surface area contributed by atoms with Gasteiger partial charge in [0.25, 0.3) is 0 Å². The third-order valence-electron chi connectivity index (χ3n) is 6.16. The number of carbonyl (C=O) groups is 1. The summed E-state index contributed by atoms with van der Waals surface area (Å²) < 4.78 is 32.9. The number of rotatable bonds is 12. The van der Waals surface area contributed by atoms with Gasteiger partial charge >= 0.3 is 5.97 Å². The summed E-state index contributed by atoms with van der Waals surface area (Å²) >= 11 is 0. The predicted molar refractivity (Wildman–Crippen MR) is 154 cm³/mol. The molecule has 0 rings (SSSR count). The van der Waals surface area contributed by atoms with E-state index in [9.17, 15) is 9.90 Å². The first-order chi connectivity index (χ1) is 14.5. The van der Waals surface area contributed by atoms with Crippen molar-refractivity contribution in [2.24, 2.45) is 5.41 Å². The Morgan fingerprint density at radius 1 is 0.879 bits per heavy atom. The van der Waals surface area contributed by atoms with Crippen LogP contribution in [-0.2, 0) is 26.9 Å². The summed E-state index contributed by atoms with van der Waals surface area (Å²) in [5, 5.41) is 10.4. The Morgan fingerprint density at radius 3 is 1.55 bits per heavy atom. The van der Waals surface area contributed by atoms with Gasteiger partial charge < -0.3 is 27.2 Å². The zero-order valence-corrected chi connectivity index (χ0v) is 33.1. The van der Waals surface area contributed by atoms with E-state index in [-0.39, 0.29) is 5.57 Å². The largest absolute Gasteiger partial charge is 0.478 e. The maximum atomic E-state index is 12.7. The molecule has 0 aliphatic rings. The highest BCUT2D eigenvalue weighted by Gasteiger charge is 2.67. The van der Waals surface area contributed by atoms with Crippen molar-refractivity contribution in [2.75, 3.05) is 0 Å². The fourth-order valence-corrected chi connectivity index (χ4v) is 10.6. The van der Waals surface area contributed by atoms with E-state index in [2.05, 4.69) is 45.8 Å². The summed E-state index contributed by atoms with van der Waals surface area (Å²) in [6.45, 7) is 26.6. The average molecular weight is 571 g/mol. The highest BCUT2D eigenvalue weighted by Crippen LogP contribution is 2.50. The fourth-order valence-electron chi connectivity index (χ4n) is 4.02. The molecule has 196 valence electrons. The van der Waals surface area contributed by atoms with E-state index in [1.54, 1.807) is 0 Å². The smallest absolute Gasteiger partial charge is 0.332 e. The molecule has 0 aromatic heterocycles.